The van der Waals surface area contributed by atoms with Gasteiger partial charge >= 0.3 is 0 Å². The molecular formula is C13H14N4. The molecule has 0 unspecified atom stereocenters. The van der Waals surface area contributed by atoms with E-state index in [1.54, 1.807) is 6.20 Å². The normalized spacial score (nSPS) is 17.3. The fourth-order valence-corrected chi connectivity index (χ4v) is 2.13. The first-order valence-electron chi connectivity index (χ1n) is 5.79. The van der Waals surface area contributed by atoms with Crippen molar-refractivity contribution in [1.29, 1.82) is 10.5 Å². The second kappa shape index (κ2) is 5.43. The van der Waals surface area contributed by atoms with Crippen LogP contribution in [-0.4, -0.2) is 23.0 Å². The highest BCUT2D eigenvalue weighted by molar-refractivity contribution is 5.30. The van der Waals surface area contributed by atoms with Crippen molar-refractivity contribution in [1.82, 2.24) is 9.88 Å². The van der Waals surface area contributed by atoms with Crippen LogP contribution in [0.1, 0.15) is 24.1 Å². The largest absolute Gasteiger partial charge is 0.299 e. The first-order valence-corrected chi connectivity index (χ1v) is 5.79. The Morgan fingerprint density at radius 3 is 2.76 bits per heavy atom. The number of hydrogen-bond donors (Lipinski definition) is 0. The Morgan fingerprint density at radius 2 is 2.12 bits per heavy atom. The summed E-state index contributed by atoms with van der Waals surface area (Å²) in [7, 11) is 0. The lowest BCUT2D eigenvalue weighted by atomic mass is 9.98. The molecule has 1 saturated heterocycles. The van der Waals surface area contributed by atoms with Crippen LogP contribution in [0.5, 0.6) is 0 Å². The molecule has 4 nitrogen and oxygen atoms in total. The lowest BCUT2D eigenvalue weighted by Gasteiger charge is -2.29. The van der Waals surface area contributed by atoms with Crippen molar-refractivity contribution >= 4 is 0 Å². The minimum Gasteiger partial charge on any atom is -0.299 e. The Hall–Kier alpha value is -1.91. The Morgan fingerprint density at radius 1 is 1.35 bits per heavy atom. The van der Waals surface area contributed by atoms with Gasteiger partial charge in [0.2, 0.25) is 0 Å². The van der Waals surface area contributed by atoms with E-state index in [9.17, 15) is 0 Å². The highest BCUT2D eigenvalue weighted by atomic mass is 15.1. The molecule has 0 aliphatic carbocycles. The van der Waals surface area contributed by atoms with Crippen LogP contribution in [0.25, 0.3) is 0 Å². The molecule has 86 valence electrons. The summed E-state index contributed by atoms with van der Waals surface area (Å²) >= 11 is 0. The fourth-order valence-electron chi connectivity index (χ4n) is 2.13. The van der Waals surface area contributed by atoms with Crippen molar-refractivity contribution < 1.29 is 0 Å². The topological polar surface area (TPSA) is 63.7 Å². The highest BCUT2D eigenvalue weighted by Gasteiger charge is 2.19. The van der Waals surface area contributed by atoms with Gasteiger partial charge < -0.3 is 0 Å². The van der Waals surface area contributed by atoms with Gasteiger partial charge in [0.05, 0.1) is 6.07 Å². The zero-order valence-corrected chi connectivity index (χ0v) is 9.63. The maximum atomic E-state index is 8.95. The van der Waals surface area contributed by atoms with Crippen LogP contribution < -0.4 is 0 Å². The fraction of sp³-hybridized carbons (Fsp3) is 0.462. The van der Waals surface area contributed by atoms with E-state index in [4.69, 9.17) is 10.5 Å². The molecule has 1 aliphatic heterocycles. The van der Waals surface area contributed by atoms with Crippen molar-refractivity contribution in [3.63, 3.8) is 0 Å². The van der Waals surface area contributed by atoms with Gasteiger partial charge in [-0.15, -0.1) is 0 Å². The summed E-state index contributed by atoms with van der Waals surface area (Å²) in [4.78, 5) is 6.34. The summed E-state index contributed by atoms with van der Waals surface area (Å²) < 4.78 is 0. The lowest BCUT2D eigenvalue weighted by molar-refractivity contribution is 0.198. The van der Waals surface area contributed by atoms with Gasteiger partial charge in [0.25, 0.3) is 0 Å². The maximum Gasteiger partial charge on any atom is 0.144 e. The summed E-state index contributed by atoms with van der Waals surface area (Å²) in [5.74, 6) is 0.204. The summed E-state index contributed by atoms with van der Waals surface area (Å²) in [6.45, 7) is 2.62. The summed E-state index contributed by atoms with van der Waals surface area (Å²) in [6, 6.07) is 8.24. The SMILES string of the molecule is N#Cc1ncccc1CN1CCC(C#N)CC1. The minimum absolute atomic E-state index is 0.204. The van der Waals surface area contributed by atoms with Crippen LogP contribution >= 0.6 is 0 Å². The van der Waals surface area contributed by atoms with Crippen molar-refractivity contribution in [2.45, 2.75) is 19.4 Å². The van der Waals surface area contributed by atoms with Crippen molar-refractivity contribution in [2.24, 2.45) is 5.92 Å². The molecule has 17 heavy (non-hydrogen) atoms. The second-order valence-electron chi connectivity index (χ2n) is 4.30. The molecule has 0 atom stereocenters. The quantitative estimate of drug-likeness (QED) is 0.769. The van der Waals surface area contributed by atoms with Gasteiger partial charge in [-0.1, -0.05) is 6.07 Å². The molecule has 0 bridgehead atoms. The number of hydrogen-bond acceptors (Lipinski definition) is 4. The molecule has 0 saturated carbocycles. The number of nitriles is 2. The number of aromatic nitrogens is 1. The molecule has 1 aromatic heterocycles. The molecule has 0 aromatic carbocycles. The third-order valence-corrected chi connectivity index (χ3v) is 3.16. The molecule has 0 spiro atoms. The smallest absolute Gasteiger partial charge is 0.144 e. The van der Waals surface area contributed by atoms with E-state index in [0.29, 0.717) is 5.69 Å². The number of likely N-dealkylation sites (tertiary alicyclic amines) is 1. The first-order chi connectivity index (χ1) is 8.33. The van der Waals surface area contributed by atoms with Crippen LogP contribution in [0.15, 0.2) is 18.3 Å². The van der Waals surface area contributed by atoms with Gasteiger partial charge in [0, 0.05) is 24.2 Å². The van der Waals surface area contributed by atoms with Gasteiger partial charge in [0.1, 0.15) is 11.8 Å². The maximum absolute atomic E-state index is 8.95. The van der Waals surface area contributed by atoms with E-state index in [1.807, 2.05) is 12.1 Å². The Kier molecular flexibility index (Phi) is 3.69. The number of piperidine rings is 1. The number of nitrogens with zero attached hydrogens (tertiary/aromatic N) is 4. The second-order valence-corrected chi connectivity index (χ2v) is 4.30. The lowest BCUT2D eigenvalue weighted by Crippen LogP contribution is -2.33. The molecule has 2 rings (SSSR count). The average molecular weight is 226 g/mol. The van der Waals surface area contributed by atoms with Gasteiger partial charge in [0.15, 0.2) is 0 Å². The van der Waals surface area contributed by atoms with Crippen LogP contribution in [0.4, 0.5) is 0 Å². The Bertz CT molecular complexity index is 461. The predicted octanol–water partition coefficient (Wildman–Crippen LogP) is 1.69. The van der Waals surface area contributed by atoms with Crippen LogP contribution in [0, 0.1) is 28.6 Å². The summed E-state index contributed by atoms with van der Waals surface area (Å²) in [5, 5.41) is 17.8. The monoisotopic (exact) mass is 226 g/mol. The van der Waals surface area contributed by atoms with E-state index in [1.165, 1.54) is 0 Å². The molecule has 2 heterocycles. The van der Waals surface area contributed by atoms with Crippen molar-refractivity contribution in [3.05, 3.63) is 29.6 Å². The van der Waals surface area contributed by atoms with E-state index in [2.05, 4.69) is 22.0 Å². The molecule has 0 N–H and O–H groups in total. The first kappa shape index (κ1) is 11.6. The average Bonchev–Trinajstić information content (AvgIpc) is 2.40. The van der Waals surface area contributed by atoms with Crippen LogP contribution in [0.3, 0.4) is 0 Å². The molecule has 1 fully saturated rings. The Labute approximate surface area is 101 Å². The van der Waals surface area contributed by atoms with Crippen LogP contribution in [-0.2, 0) is 6.54 Å². The van der Waals surface area contributed by atoms with Gasteiger partial charge in [-0.05, 0) is 32.0 Å². The number of rotatable bonds is 2. The molecule has 1 aromatic rings. The molecule has 0 radical (unpaired) electrons. The van der Waals surface area contributed by atoms with E-state index < -0.39 is 0 Å². The molecule has 0 amide bonds. The van der Waals surface area contributed by atoms with Gasteiger partial charge in [-0.2, -0.15) is 10.5 Å². The third kappa shape index (κ3) is 2.81. The molecular weight excluding hydrogens is 212 g/mol. The highest BCUT2D eigenvalue weighted by Crippen LogP contribution is 2.18. The van der Waals surface area contributed by atoms with Crippen molar-refractivity contribution in [2.75, 3.05) is 13.1 Å². The molecule has 4 heteroatoms. The zero-order valence-electron chi connectivity index (χ0n) is 9.63. The summed E-state index contributed by atoms with van der Waals surface area (Å²) in [6.07, 6.45) is 3.50. The van der Waals surface area contributed by atoms with Gasteiger partial charge in [-0.25, -0.2) is 4.98 Å². The van der Waals surface area contributed by atoms with Crippen LogP contribution in [0.2, 0.25) is 0 Å². The van der Waals surface area contributed by atoms with Gasteiger partial charge in [-0.3, -0.25) is 4.90 Å². The minimum atomic E-state index is 0.204. The number of pyridine rings is 1. The van der Waals surface area contributed by atoms with E-state index >= 15 is 0 Å². The molecule has 1 aliphatic rings. The third-order valence-electron chi connectivity index (χ3n) is 3.16. The van der Waals surface area contributed by atoms with E-state index in [-0.39, 0.29) is 5.92 Å². The zero-order chi connectivity index (χ0) is 12.1. The Balaban J connectivity index is 1.99. The summed E-state index contributed by atoms with van der Waals surface area (Å²) in [5.41, 5.74) is 1.49. The van der Waals surface area contributed by atoms with E-state index in [0.717, 1.165) is 38.0 Å². The standard InChI is InChI=1S/C13H14N4/c14-8-11-3-6-17(7-4-11)10-12-2-1-5-16-13(12)9-15/h1-2,5,11H,3-4,6-7,10H2. The predicted molar refractivity (Wildman–Crippen MR) is 62.6 cm³/mol. The van der Waals surface area contributed by atoms with Crippen molar-refractivity contribution in [3.8, 4) is 12.1 Å².